The minimum atomic E-state index is 0.550. The first-order chi connectivity index (χ1) is 13.8. The highest BCUT2D eigenvalue weighted by Crippen LogP contribution is 2.40. The molecule has 2 aliphatic rings. The summed E-state index contributed by atoms with van der Waals surface area (Å²) in [5.74, 6) is 1.67. The van der Waals surface area contributed by atoms with Crippen LogP contribution >= 0.6 is 12.2 Å². The largest absolute Gasteiger partial charge is 0.280 e. The Morgan fingerprint density at radius 3 is 2.32 bits per heavy atom. The molecule has 1 aromatic heterocycles. The van der Waals surface area contributed by atoms with E-state index >= 15 is 0 Å². The molecule has 0 amide bonds. The second-order valence-corrected chi connectivity index (χ2v) is 8.01. The van der Waals surface area contributed by atoms with E-state index in [1.807, 2.05) is 10.7 Å². The molecule has 0 unspecified atom stereocenters. The van der Waals surface area contributed by atoms with Crippen LogP contribution in [0.15, 0.2) is 66.7 Å². The molecule has 1 fully saturated rings. The molecular formula is C23H24N4S. The van der Waals surface area contributed by atoms with E-state index in [4.69, 9.17) is 17.3 Å². The first-order valence-corrected chi connectivity index (χ1v) is 10.4. The molecule has 3 aromatic rings. The van der Waals surface area contributed by atoms with Crippen molar-refractivity contribution in [1.29, 1.82) is 0 Å². The van der Waals surface area contributed by atoms with Crippen LogP contribution < -0.4 is 0 Å². The highest BCUT2D eigenvalue weighted by atomic mass is 32.1. The molecule has 5 heteroatoms. The topological polar surface area (TPSA) is 26.0 Å². The number of benzene rings is 2. The Morgan fingerprint density at radius 2 is 1.68 bits per heavy atom. The van der Waals surface area contributed by atoms with Gasteiger partial charge in [-0.3, -0.25) is 9.47 Å². The Hall–Kier alpha value is -2.50. The molecule has 0 radical (unpaired) electrons. The lowest BCUT2D eigenvalue weighted by molar-refractivity contribution is 0.226. The standard InChI is InChI=1S/C23H24N4S/c28-23-26(17-25-15-13-19(14-16-25)18-7-3-1-4-8-18)24-22(20-11-12-20)27(23)21-9-5-2-6-10-21/h1-10,13,20H,11-12,14-17H2. The molecule has 0 bridgehead atoms. The summed E-state index contributed by atoms with van der Waals surface area (Å²) in [5.41, 5.74) is 3.89. The van der Waals surface area contributed by atoms with E-state index in [1.165, 1.54) is 24.0 Å². The van der Waals surface area contributed by atoms with Crippen molar-refractivity contribution in [3.63, 3.8) is 0 Å². The monoisotopic (exact) mass is 388 g/mol. The zero-order valence-electron chi connectivity index (χ0n) is 15.9. The van der Waals surface area contributed by atoms with Crippen LogP contribution in [-0.4, -0.2) is 32.3 Å². The van der Waals surface area contributed by atoms with E-state index in [2.05, 4.69) is 70.1 Å². The first kappa shape index (κ1) is 17.6. The molecule has 0 saturated heterocycles. The van der Waals surface area contributed by atoms with E-state index in [0.717, 1.165) is 42.5 Å². The smallest absolute Gasteiger partial charge is 0.203 e. The highest BCUT2D eigenvalue weighted by Gasteiger charge is 2.31. The molecule has 0 N–H and O–H groups in total. The van der Waals surface area contributed by atoms with Gasteiger partial charge in [-0.15, -0.1) is 0 Å². The molecule has 1 aliphatic carbocycles. The predicted octanol–water partition coefficient (Wildman–Crippen LogP) is 5.03. The van der Waals surface area contributed by atoms with E-state index in [1.54, 1.807) is 0 Å². The minimum absolute atomic E-state index is 0.550. The van der Waals surface area contributed by atoms with E-state index < -0.39 is 0 Å². The van der Waals surface area contributed by atoms with Crippen molar-refractivity contribution in [2.45, 2.75) is 31.8 Å². The van der Waals surface area contributed by atoms with Gasteiger partial charge in [-0.2, -0.15) is 5.10 Å². The van der Waals surface area contributed by atoms with Gasteiger partial charge in [-0.05, 0) is 54.7 Å². The summed E-state index contributed by atoms with van der Waals surface area (Å²) in [6.07, 6.45) is 5.83. The van der Waals surface area contributed by atoms with Gasteiger partial charge in [0.15, 0.2) is 0 Å². The maximum absolute atomic E-state index is 5.83. The lowest BCUT2D eigenvalue weighted by Gasteiger charge is -2.26. The van der Waals surface area contributed by atoms with Gasteiger partial charge >= 0.3 is 0 Å². The van der Waals surface area contributed by atoms with Crippen molar-refractivity contribution in [2.24, 2.45) is 0 Å². The Labute approximate surface area is 170 Å². The molecule has 5 rings (SSSR count). The lowest BCUT2D eigenvalue weighted by atomic mass is 10.00. The van der Waals surface area contributed by atoms with Crippen molar-refractivity contribution in [3.05, 3.63) is 82.9 Å². The average molecular weight is 389 g/mol. The van der Waals surface area contributed by atoms with Crippen molar-refractivity contribution in [3.8, 4) is 5.69 Å². The maximum atomic E-state index is 5.83. The molecule has 142 valence electrons. The SMILES string of the molecule is S=c1n(CN2CC=C(c3ccccc3)CC2)nc(C2CC2)n1-c1ccccc1. The third-order valence-corrected chi connectivity index (χ3v) is 5.99. The van der Waals surface area contributed by atoms with Gasteiger partial charge in [0, 0.05) is 24.7 Å². The van der Waals surface area contributed by atoms with E-state index in [-0.39, 0.29) is 0 Å². The minimum Gasteiger partial charge on any atom is -0.280 e. The van der Waals surface area contributed by atoms with Crippen LogP contribution in [0.2, 0.25) is 0 Å². The van der Waals surface area contributed by atoms with Gasteiger partial charge in [0.1, 0.15) is 5.82 Å². The van der Waals surface area contributed by atoms with Gasteiger partial charge < -0.3 is 0 Å². The van der Waals surface area contributed by atoms with Gasteiger partial charge in [0.05, 0.1) is 6.67 Å². The summed E-state index contributed by atoms with van der Waals surface area (Å²) in [4.78, 5) is 2.42. The molecule has 4 nitrogen and oxygen atoms in total. The summed E-state index contributed by atoms with van der Waals surface area (Å²) in [7, 11) is 0. The summed E-state index contributed by atoms with van der Waals surface area (Å²) in [5, 5.41) is 4.93. The Kier molecular flexibility index (Phi) is 4.71. The second kappa shape index (κ2) is 7.49. The molecular weight excluding hydrogens is 364 g/mol. The third kappa shape index (κ3) is 3.48. The van der Waals surface area contributed by atoms with Crippen LogP contribution in [0.5, 0.6) is 0 Å². The second-order valence-electron chi connectivity index (χ2n) is 7.65. The zero-order chi connectivity index (χ0) is 18.9. The van der Waals surface area contributed by atoms with Gasteiger partial charge in [-0.25, -0.2) is 4.68 Å². The third-order valence-electron chi connectivity index (χ3n) is 5.59. The van der Waals surface area contributed by atoms with Crippen molar-refractivity contribution < 1.29 is 0 Å². The normalized spacial score (nSPS) is 17.5. The molecule has 2 aromatic carbocycles. The summed E-state index contributed by atoms with van der Waals surface area (Å²) >= 11 is 5.83. The van der Waals surface area contributed by atoms with Crippen LogP contribution in [0.25, 0.3) is 11.3 Å². The Balaban J connectivity index is 1.38. The van der Waals surface area contributed by atoms with Crippen LogP contribution in [0, 0.1) is 4.77 Å². The highest BCUT2D eigenvalue weighted by molar-refractivity contribution is 7.71. The fourth-order valence-corrected chi connectivity index (χ4v) is 4.18. The fourth-order valence-electron chi connectivity index (χ4n) is 3.89. The lowest BCUT2D eigenvalue weighted by Crippen LogP contribution is -2.31. The number of para-hydroxylation sites is 1. The van der Waals surface area contributed by atoms with Crippen LogP contribution in [0.4, 0.5) is 0 Å². The summed E-state index contributed by atoms with van der Waals surface area (Å²) in [6.45, 7) is 2.71. The van der Waals surface area contributed by atoms with Gasteiger partial charge in [0.25, 0.3) is 0 Å². The van der Waals surface area contributed by atoms with Crippen molar-refractivity contribution in [1.82, 2.24) is 19.2 Å². The molecule has 28 heavy (non-hydrogen) atoms. The van der Waals surface area contributed by atoms with Crippen LogP contribution in [0.3, 0.4) is 0 Å². The number of hydrogen-bond donors (Lipinski definition) is 0. The van der Waals surface area contributed by atoms with Gasteiger partial charge in [0.2, 0.25) is 4.77 Å². The van der Waals surface area contributed by atoms with Crippen molar-refractivity contribution in [2.75, 3.05) is 13.1 Å². The summed E-state index contributed by atoms with van der Waals surface area (Å²) < 4.78 is 4.98. The quantitative estimate of drug-likeness (QED) is 0.574. The molecule has 1 saturated carbocycles. The van der Waals surface area contributed by atoms with E-state index in [9.17, 15) is 0 Å². The maximum Gasteiger partial charge on any atom is 0.203 e. The average Bonchev–Trinajstić information content (AvgIpc) is 3.55. The first-order valence-electron chi connectivity index (χ1n) is 10.0. The van der Waals surface area contributed by atoms with Crippen LogP contribution in [0.1, 0.15) is 36.6 Å². The molecule has 2 heterocycles. The predicted molar refractivity (Wildman–Crippen MR) is 115 cm³/mol. The Bertz CT molecular complexity index is 1050. The Morgan fingerprint density at radius 1 is 0.964 bits per heavy atom. The van der Waals surface area contributed by atoms with Crippen molar-refractivity contribution >= 4 is 17.8 Å². The van der Waals surface area contributed by atoms with E-state index in [0.29, 0.717) is 5.92 Å². The molecule has 0 atom stereocenters. The zero-order valence-corrected chi connectivity index (χ0v) is 16.7. The number of nitrogens with zero attached hydrogens (tertiary/aromatic N) is 4. The number of hydrogen-bond acceptors (Lipinski definition) is 3. The molecule has 0 spiro atoms. The van der Waals surface area contributed by atoms with Gasteiger partial charge in [-0.1, -0.05) is 54.6 Å². The fraction of sp³-hybridized carbons (Fsp3) is 0.304. The molecule has 1 aliphatic heterocycles. The van der Waals surface area contributed by atoms with Crippen LogP contribution in [-0.2, 0) is 6.67 Å². The summed E-state index contributed by atoms with van der Waals surface area (Å²) in [6, 6.07) is 21.1. The number of aromatic nitrogens is 3. The number of rotatable bonds is 5.